The highest BCUT2D eigenvalue weighted by molar-refractivity contribution is 7.15. The first-order chi connectivity index (χ1) is 11.2. The molecule has 0 N–H and O–H groups in total. The second-order valence-electron chi connectivity index (χ2n) is 4.83. The van der Waals surface area contributed by atoms with E-state index < -0.39 is 0 Å². The second-order valence-corrected chi connectivity index (χ2v) is 6.28. The van der Waals surface area contributed by atoms with Crippen LogP contribution in [0.4, 0.5) is 0 Å². The number of hydrogen-bond acceptors (Lipinski definition) is 5. The van der Waals surface area contributed by atoms with E-state index in [4.69, 9.17) is 11.6 Å². The molecule has 3 heterocycles. The van der Waals surface area contributed by atoms with Crippen molar-refractivity contribution in [2.45, 2.75) is 0 Å². The molecule has 0 fully saturated rings. The van der Waals surface area contributed by atoms with Crippen molar-refractivity contribution in [1.29, 1.82) is 0 Å². The van der Waals surface area contributed by atoms with E-state index in [1.165, 1.54) is 15.9 Å². The summed E-state index contributed by atoms with van der Waals surface area (Å²) in [6.07, 6.45) is 5.19. The Morgan fingerprint density at radius 2 is 1.83 bits per heavy atom. The average Bonchev–Trinajstić information content (AvgIpc) is 3.10. The molecule has 4 aromatic rings. The minimum Gasteiger partial charge on any atom is -0.266 e. The Bertz CT molecular complexity index is 1090. The highest BCUT2D eigenvalue weighted by Crippen LogP contribution is 2.19. The average molecular weight is 341 g/mol. The highest BCUT2D eigenvalue weighted by atomic mass is 35.5. The molecule has 0 aliphatic rings. The maximum atomic E-state index is 12.4. The van der Waals surface area contributed by atoms with Gasteiger partial charge in [-0.1, -0.05) is 22.9 Å². The smallest absolute Gasteiger partial charge is 0.266 e. The first kappa shape index (κ1) is 14.0. The van der Waals surface area contributed by atoms with Crippen LogP contribution >= 0.6 is 22.9 Å². The van der Waals surface area contributed by atoms with Crippen LogP contribution in [0.15, 0.2) is 53.6 Å². The van der Waals surface area contributed by atoms with Gasteiger partial charge >= 0.3 is 0 Å². The van der Waals surface area contributed by atoms with Gasteiger partial charge in [-0.3, -0.25) is 9.78 Å². The van der Waals surface area contributed by atoms with Crippen molar-refractivity contribution in [3.05, 3.63) is 74.3 Å². The van der Waals surface area contributed by atoms with Gasteiger partial charge in [0.05, 0.1) is 4.53 Å². The van der Waals surface area contributed by atoms with Crippen LogP contribution in [0.1, 0.15) is 5.56 Å². The van der Waals surface area contributed by atoms with Crippen molar-refractivity contribution in [1.82, 2.24) is 19.6 Å². The fraction of sp³-hybridized carbons (Fsp3) is 0. The van der Waals surface area contributed by atoms with Crippen molar-refractivity contribution in [2.75, 3.05) is 0 Å². The quantitative estimate of drug-likeness (QED) is 0.562. The molecular formula is C16H9ClN4OS. The lowest BCUT2D eigenvalue weighted by Crippen LogP contribution is -2.23. The molecule has 0 aliphatic heterocycles. The van der Waals surface area contributed by atoms with Crippen LogP contribution in [0.5, 0.6) is 0 Å². The summed E-state index contributed by atoms with van der Waals surface area (Å²) in [5.41, 5.74) is 1.57. The molecule has 0 saturated carbocycles. The van der Waals surface area contributed by atoms with E-state index in [-0.39, 0.29) is 5.56 Å². The first-order valence-electron chi connectivity index (χ1n) is 6.78. The molecule has 7 heteroatoms. The molecule has 112 valence electrons. The van der Waals surface area contributed by atoms with Crippen molar-refractivity contribution >= 4 is 34.0 Å². The summed E-state index contributed by atoms with van der Waals surface area (Å²) in [6.45, 7) is 0. The zero-order valence-electron chi connectivity index (χ0n) is 11.7. The van der Waals surface area contributed by atoms with Crippen LogP contribution in [-0.4, -0.2) is 19.6 Å². The van der Waals surface area contributed by atoms with E-state index >= 15 is 0 Å². The highest BCUT2D eigenvalue weighted by Gasteiger charge is 2.11. The minimum absolute atomic E-state index is 0.172. The van der Waals surface area contributed by atoms with Crippen LogP contribution in [0.3, 0.4) is 0 Å². The number of fused-ring (bicyclic) bond motifs is 1. The number of aromatic nitrogens is 4. The van der Waals surface area contributed by atoms with Gasteiger partial charge in [0.2, 0.25) is 4.96 Å². The summed E-state index contributed by atoms with van der Waals surface area (Å²) in [4.78, 5) is 21.4. The molecule has 4 rings (SSSR count). The molecule has 3 aromatic heterocycles. The molecule has 23 heavy (non-hydrogen) atoms. The number of nitrogens with zero attached hydrogens (tertiary/aromatic N) is 4. The zero-order valence-corrected chi connectivity index (χ0v) is 13.3. The Morgan fingerprint density at radius 3 is 2.52 bits per heavy atom. The predicted octanol–water partition coefficient (Wildman–Crippen LogP) is 2.41. The summed E-state index contributed by atoms with van der Waals surface area (Å²) in [7, 11) is 0. The maximum Gasteiger partial charge on any atom is 0.291 e. The number of halogens is 1. The van der Waals surface area contributed by atoms with E-state index in [0.717, 1.165) is 11.1 Å². The van der Waals surface area contributed by atoms with Gasteiger partial charge in [-0.2, -0.15) is 9.50 Å². The summed E-state index contributed by atoms with van der Waals surface area (Å²) in [5, 5.41) is 4.95. The topological polar surface area (TPSA) is 60.2 Å². The lowest BCUT2D eigenvalue weighted by Gasteiger charge is -1.93. The molecule has 0 saturated heterocycles. The summed E-state index contributed by atoms with van der Waals surface area (Å²) in [6, 6.07) is 10.9. The first-order valence-corrected chi connectivity index (χ1v) is 7.97. The number of rotatable bonds is 2. The number of benzene rings is 1. The summed E-state index contributed by atoms with van der Waals surface area (Å²) >= 11 is 7.19. The molecule has 5 nitrogen and oxygen atoms in total. The lowest BCUT2D eigenvalue weighted by molar-refractivity contribution is 0.937. The molecule has 0 atom stereocenters. The standard InChI is InChI=1S/C16H9ClN4OS/c17-12-3-1-11(2-4-12)14-19-16-21(20-14)15(22)13(23-16)9-10-5-7-18-8-6-10/h1-9H/b13-9-. The zero-order chi connectivity index (χ0) is 15.8. The molecular weight excluding hydrogens is 332 g/mol. The summed E-state index contributed by atoms with van der Waals surface area (Å²) in [5.74, 6) is 0.514. The third kappa shape index (κ3) is 2.62. The maximum absolute atomic E-state index is 12.4. The third-order valence-corrected chi connectivity index (χ3v) is 4.50. The number of pyridine rings is 1. The van der Waals surface area contributed by atoms with Gasteiger partial charge in [-0.25, -0.2) is 0 Å². The fourth-order valence-electron chi connectivity index (χ4n) is 2.17. The Hall–Kier alpha value is -2.57. The molecule has 0 radical (unpaired) electrons. The van der Waals surface area contributed by atoms with Crippen LogP contribution in [0, 0.1) is 0 Å². The van der Waals surface area contributed by atoms with Crippen molar-refractivity contribution < 1.29 is 0 Å². The van der Waals surface area contributed by atoms with Crippen molar-refractivity contribution in [3.8, 4) is 11.4 Å². The SMILES string of the molecule is O=c1/c(=C/c2ccncc2)sc2nc(-c3ccc(Cl)cc3)nn12. The van der Waals surface area contributed by atoms with Crippen LogP contribution < -0.4 is 10.1 Å². The van der Waals surface area contributed by atoms with Crippen molar-refractivity contribution in [3.63, 3.8) is 0 Å². The fourth-order valence-corrected chi connectivity index (χ4v) is 3.20. The van der Waals surface area contributed by atoms with E-state index in [1.807, 2.05) is 30.3 Å². The largest absolute Gasteiger partial charge is 0.291 e. The normalized spacial score (nSPS) is 12.1. The van der Waals surface area contributed by atoms with Gasteiger partial charge in [-0.05, 0) is 48.0 Å². The molecule has 0 amide bonds. The van der Waals surface area contributed by atoms with Gasteiger partial charge < -0.3 is 0 Å². The number of thiazole rings is 1. The van der Waals surface area contributed by atoms with E-state index in [1.54, 1.807) is 24.5 Å². The van der Waals surface area contributed by atoms with Crippen LogP contribution in [-0.2, 0) is 0 Å². The second kappa shape index (κ2) is 5.57. The van der Waals surface area contributed by atoms with E-state index in [2.05, 4.69) is 15.1 Å². The Kier molecular flexibility index (Phi) is 3.40. The van der Waals surface area contributed by atoms with Crippen molar-refractivity contribution in [2.24, 2.45) is 0 Å². The predicted molar refractivity (Wildman–Crippen MR) is 90.6 cm³/mol. The van der Waals surface area contributed by atoms with Gasteiger partial charge in [-0.15, -0.1) is 5.10 Å². The van der Waals surface area contributed by atoms with E-state index in [0.29, 0.717) is 20.3 Å². The molecule has 0 bridgehead atoms. The Morgan fingerprint density at radius 1 is 1.09 bits per heavy atom. The van der Waals surface area contributed by atoms with Gasteiger partial charge in [0.15, 0.2) is 5.82 Å². The third-order valence-electron chi connectivity index (χ3n) is 3.29. The molecule has 0 spiro atoms. The van der Waals surface area contributed by atoms with Gasteiger partial charge in [0.1, 0.15) is 0 Å². The number of hydrogen-bond donors (Lipinski definition) is 0. The van der Waals surface area contributed by atoms with Gasteiger partial charge in [0.25, 0.3) is 5.56 Å². The molecule has 0 aliphatic carbocycles. The molecule has 1 aromatic carbocycles. The minimum atomic E-state index is -0.172. The lowest BCUT2D eigenvalue weighted by atomic mass is 10.2. The Labute approximate surface area is 139 Å². The van der Waals surface area contributed by atoms with E-state index in [9.17, 15) is 4.79 Å². The van der Waals surface area contributed by atoms with Crippen LogP contribution in [0.25, 0.3) is 22.4 Å². The van der Waals surface area contributed by atoms with Gasteiger partial charge in [0, 0.05) is 23.0 Å². The van der Waals surface area contributed by atoms with Crippen LogP contribution in [0.2, 0.25) is 5.02 Å². The monoisotopic (exact) mass is 340 g/mol. The summed E-state index contributed by atoms with van der Waals surface area (Å²) < 4.78 is 1.93. The molecule has 0 unspecified atom stereocenters. The Balaban J connectivity index is 1.82.